The summed E-state index contributed by atoms with van der Waals surface area (Å²) in [6, 6.07) is 7.95. The van der Waals surface area contributed by atoms with E-state index in [2.05, 4.69) is 56.8 Å². The van der Waals surface area contributed by atoms with Gasteiger partial charge in [0.25, 0.3) is 0 Å². The van der Waals surface area contributed by atoms with Crippen LogP contribution >= 0.6 is 0 Å². The molecule has 0 aliphatic rings. The van der Waals surface area contributed by atoms with Gasteiger partial charge in [-0.25, -0.2) is 9.97 Å². The lowest BCUT2D eigenvalue weighted by atomic mass is 9.78. The van der Waals surface area contributed by atoms with Crippen molar-refractivity contribution in [1.82, 2.24) is 19.9 Å². The Morgan fingerprint density at radius 3 is 2.15 bits per heavy atom. The molecule has 176 valence electrons. The minimum atomic E-state index is -0.186. The Morgan fingerprint density at radius 2 is 1.61 bits per heavy atom. The Hall–Kier alpha value is -3.15. The summed E-state index contributed by atoms with van der Waals surface area (Å²) >= 11 is 0. The molecule has 0 fully saturated rings. The smallest absolute Gasteiger partial charge is 0.220 e. The lowest BCUT2D eigenvalue weighted by molar-refractivity contribution is -0.121. The fourth-order valence-electron chi connectivity index (χ4n) is 3.85. The van der Waals surface area contributed by atoms with Gasteiger partial charge in [-0.3, -0.25) is 9.36 Å². The first-order valence-corrected chi connectivity index (χ1v) is 11.4. The highest BCUT2D eigenvalue weighted by Crippen LogP contribution is 2.40. The number of nitrogens with one attached hydrogen (secondary N) is 1. The van der Waals surface area contributed by atoms with Crippen LogP contribution in [0.5, 0.6) is 5.75 Å². The molecule has 0 spiro atoms. The molecule has 1 amide bonds. The fourth-order valence-corrected chi connectivity index (χ4v) is 3.85. The molecule has 0 unspecified atom stereocenters. The number of aryl methyl sites for hydroxylation is 2. The number of aromatic nitrogens is 3. The van der Waals surface area contributed by atoms with Crippen molar-refractivity contribution in [3.05, 3.63) is 70.9 Å². The van der Waals surface area contributed by atoms with E-state index in [0.29, 0.717) is 25.1 Å². The van der Waals surface area contributed by atoms with E-state index in [4.69, 9.17) is 0 Å². The molecule has 2 N–H and O–H groups in total. The molecule has 3 aromatic rings. The van der Waals surface area contributed by atoms with E-state index in [9.17, 15) is 9.90 Å². The predicted molar refractivity (Wildman–Crippen MR) is 132 cm³/mol. The van der Waals surface area contributed by atoms with E-state index in [1.807, 2.05) is 42.0 Å². The Labute approximate surface area is 197 Å². The molecule has 33 heavy (non-hydrogen) atoms. The number of carbonyl (C=O) groups is 1. The molecule has 6 heteroatoms. The van der Waals surface area contributed by atoms with Crippen molar-refractivity contribution in [2.45, 2.75) is 78.7 Å². The number of hydrogen-bond acceptors (Lipinski definition) is 4. The zero-order valence-corrected chi connectivity index (χ0v) is 20.9. The normalized spacial score (nSPS) is 12.1. The molecular formula is C27H36N4O2. The van der Waals surface area contributed by atoms with E-state index in [-0.39, 0.29) is 16.7 Å². The maximum atomic E-state index is 12.6. The highest BCUT2D eigenvalue weighted by atomic mass is 16.3. The summed E-state index contributed by atoms with van der Waals surface area (Å²) in [5, 5.41) is 13.9. The van der Waals surface area contributed by atoms with Gasteiger partial charge in [0.05, 0.1) is 0 Å². The second-order valence-corrected chi connectivity index (χ2v) is 10.7. The van der Waals surface area contributed by atoms with Crippen LogP contribution in [0.1, 0.15) is 76.0 Å². The summed E-state index contributed by atoms with van der Waals surface area (Å²) in [4.78, 5) is 21.2. The van der Waals surface area contributed by atoms with Gasteiger partial charge in [-0.1, -0.05) is 53.7 Å². The van der Waals surface area contributed by atoms with Gasteiger partial charge in [-0.05, 0) is 58.6 Å². The Morgan fingerprint density at radius 1 is 0.970 bits per heavy atom. The van der Waals surface area contributed by atoms with E-state index >= 15 is 0 Å². The van der Waals surface area contributed by atoms with Crippen LogP contribution in [-0.2, 0) is 28.6 Å². The molecule has 1 aromatic carbocycles. The zero-order valence-electron chi connectivity index (χ0n) is 20.9. The molecular weight excluding hydrogens is 412 g/mol. The van der Waals surface area contributed by atoms with Crippen molar-refractivity contribution >= 4 is 5.91 Å². The summed E-state index contributed by atoms with van der Waals surface area (Å²) in [5.41, 5.74) is 3.52. The molecule has 0 aliphatic heterocycles. The minimum Gasteiger partial charge on any atom is -0.507 e. The van der Waals surface area contributed by atoms with Gasteiger partial charge in [0.15, 0.2) is 0 Å². The Balaban J connectivity index is 1.67. The van der Waals surface area contributed by atoms with Gasteiger partial charge < -0.3 is 10.4 Å². The van der Waals surface area contributed by atoms with Crippen LogP contribution in [0, 0.1) is 6.92 Å². The molecule has 2 heterocycles. The number of benzene rings is 1. The molecule has 0 aliphatic carbocycles. The van der Waals surface area contributed by atoms with Crippen molar-refractivity contribution < 1.29 is 9.90 Å². The molecule has 3 rings (SSSR count). The van der Waals surface area contributed by atoms with E-state index in [0.717, 1.165) is 33.9 Å². The first-order chi connectivity index (χ1) is 15.4. The van der Waals surface area contributed by atoms with Gasteiger partial charge in [0.2, 0.25) is 5.91 Å². The number of imidazole rings is 1. The summed E-state index contributed by atoms with van der Waals surface area (Å²) in [6.07, 6.45) is 6.36. The fraction of sp³-hybridized carbons (Fsp3) is 0.444. The predicted octanol–water partition coefficient (Wildman–Crippen LogP) is 5.13. The van der Waals surface area contributed by atoms with Crippen LogP contribution in [0.25, 0.3) is 5.82 Å². The minimum absolute atomic E-state index is 0.00475. The molecule has 0 saturated carbocycles. The van der Waals surface area contributed by atoms with Crippen molar-refractivity contribution in [3.63, 3.8) is 0 Å². The van der Waals surface area contributed by atoms with Crippen LogP contribution in [0.2, 0.25) is 0 Å². The number of hydrogen-bond donors (Lipinski definition) is 2. The highest BCUT2D eigenvalue weighted by molar-refractivity contribution is 5.76. The standard InChI is InChI=1S/C27H36N4O2/c1-18-28-12-13-31(18)23-16-20(10-11-29-23)17-30-24(32)9-8-19-14-21(26(2,3)4)25(33)22(15-19)27(5,6)7/h10-16,33H,8-9,17H2,1-7H3,(H,30,32). The number of amides is 1. The monoisotopic (exact) mass is 448 g/mol. The largest absolute Gasteiger partial charge is 0.507 e. The van der Waals surface area contributed by atoms with Gasteiger partial charge in [0.1, 0.15) is 17.4 Å². The van der Waals surface area contributed by atoms with E-state index < -0.39 is 0 Å². The van der Waals surface area contributed by atoms with Gasteiger partial charge in [-0.2, -0.15) is 0 Å². The number of rotatable bonds is 6. The molecule has 6 nitrogen and oxygen atoms in total. The second-order valence-electron chi connectivity index (χ2n) is 10.7. The van der Waals surface area contributed by atoms with Crippen molar-refractivity contribution in [1.29, 1.82) is 0 Å². The SMILES string of the molecule is Cc1nccn1-c1cc(CNC(=O)CCc2cc(C(C)(C)C)c(O)c(C(C)(C)C)c2)ccn1. The lowest BCUT2D eigenvalue weighted by Gasteiger charge is -2.28. The maximum Gasteiger partial charge on any atom is 0.220 e. The third-order valence-corrected chi connectivity index (χ3v) is 5.80. The quantitative estimate of drug-likeness (QED) is 0.548. The molecule has 0 radical (unpaired) electrons. The third kappa shape index (κ3) is 6.01. The molecule has 2 aromatic heterocycles. The summed E-state index contributed by atoms with van der Waals surface area (Å²) in [7, 11) is 0. The number of phenols is 1. The maximum absolute atomic E-state index is 12.6. The number of carbonyl (C=O) groups excluding carboxylic acids is 1. The van der Waals surface area contributed by atoms with Crippen LogP contribution in [0.3, 0.4) is 0 Å². The number of aromatic hydroxyl groups is 1. The Bertz CT molecular complexity index is 1100. The summed E-state index contributed by atoms with van der Waals surface area (Å²) < 4.78 is 1.91. The third-order valence-electron chi connectivity index (χ3n) is 5.80. The highest BCUT2D eigenvalue weighted by Gasteiger charge is 2.26. The van der Waals surface area contributed by atoms with Crippen LogP contribution in [-0.4, -0.2) is 25.5 Å². The topological polar surface area (TPSA) is 80.0 Å². The van der Waals surface area contributed by atoms with Crippen molar-refractivity contribution in [2.75, 3.05) is 0 Å². The summed E-state index contributed by atoms with van der Waals surface area (Å²) in [6.45, 7) is 14.9. The van der Waals surface area contributed by atoms with Crippen molar-refractivity contribution in [3.8, 4) is 11.6 Å². The average molecular weight is 449 g/mol. The van der Waals surface area contributed by atoms with Gasteiger partial charge >= 0.3 is 0 Å². The first-order valence-electron chi connectivity index (χ1n) is 11.4. The van der Waals surface area contributed by atoms with Gasteiger partial charge in [0, 0.05) is 31.6 Å². The second kappa shape index (κ2) is 9.38. The number of phenolic OH excluding ortho intramolecular Hbond substituents is 1. The molecule has 0 atom stereocenters. The van der Waals surface area contributed by atoms with Gasteiger partial charge in [-0.15, -0.1) is 0 Å². The number of nitrogens with zero attached hydrogens (tertiary/aromatic N) is 3. The average Bonchev–Trinajstić information content (AvgIpc) is 3.16. The number of pyridine rings is 1. The molecule has 0 bridgehead atoms. The van der Waals surface area contributed by atoms with E-state index in [1.165, 1.54) is 0 Å². The lowest BCUT2D eigenvalue weighted by Crippen LogP contribution is -2.23. The summed E-state index contributed by atoms with van der Waals surface area (Å²) in [5.74, 6) is 2.01. The first kappa shape index (κ1) is 24.5. The Kier molecular flexibility index (Phi) is 6.96. The van der Waals surface area contributed by atoms with Crippen molar-refractivity contribution in [2.24, 2.45) is 0 Å². The van der Waals surface area contributed by atoms with E-state index in [1.54, 1.807) is 12.4 Å². The van der Waals surface area contributed by atoms with Crippen LogP contribution in [0.15, 0.2) is 42.9 Å². The van der Waals surface area contributed by atoms with Crippen LogP contribution < -0.4 is 5.32 Å². The van der Waals surface area contributed by atoms with Crippen LogP contribution in [0.4, 0.5) is 0 Å². The molecule has 0 saturated heterocycles. The zero-order chi connectivity index (χ0) is 24.4.